The molecular weight excluding hydrogens is 344 g/mol. The molecule has 5 nitrogen and oxygen atoms in total. The first-order valence-corrected chi connectivity index (χ1v) is 6.23. The van der Waals surface area contributed by atoms with E-state index in [1.807, 2.05) is 22.6 Å². The van der Waals surface area contributed by atoms with Crippen LogP contribution < -0.4 is 10.9 Å². The molecule has 1 aromatic heterocycles. The lowest BCUT2D eigenvalue weighted by atomic mass is 10.5. The van der Waals surface area contributed by atoms with Crippen LogP contribution in [0.25, 0.3) is 0 Å². The predicted octanol–water partition coefficient (Wildman–Crippen LogP) is 0.780. The van der Waals surface area contributed by atoms with E-state index in [9.17, 15) is 9.59 Å². The van der Waals surface area contributed by atoms with E-state index in [2.05, 4.69) is 10.3 Å². The minimum atomic E-state index is -0.286. The van der Waals surface area contributed by atoms with E-state index in [-0.39, 0.29) is 23.2 Å². The van der Waals surface area contributed by atoms with Gasteiger partial charge in [-0.05, 0) is 35.4 Å². The average molecular weight is 354 g/mol. The molecule has 0 aromatic carbocycles. The molecule has 0 atom stereocenters. The van der Waals surface area contributed by atoms with Gasteiger partial charge in [0.1, 0.15) is 15.3 Å². The summed E-state index contributed by atoms with van der Waals surface area (Å²) in [5.74, 6) is -0.162. The minimum Gasteiger partial charge on any atom is -0.352 e. The zero-order valence-electron chi connectivity index (χ0n) is 8.24. The van der Waals surface area contributed by atoms with Gasteiger partial charge >= 0.3 is 0 Å². The molecule has 0 aliphatic heterocycles. The van der Waals surface area contributed by atoms with E-state index in [1.54, 1.807) is 0 Å². The number of halogens is 2. The van der Waals surface area contributed by atoms with Gasteiger partial charge in [0.2, 0.25) is 5.91 Å². The largest absolute Gasteiger partial charge is 0.352 e. The number of rotatable bonds is 3. The zero-order chi connectivity index (χ0) is 11.7. The Balaban J connectivity index is 2.11. The summed E-state index contributed by atoms with van der Waals surface area (Å²) in [7, 11) is 0. The van der Waals surface area contributed by atoms with Crippen molar-refractivity contribution >= 4 is 40.1 Å². The van der Waals surface area contributed by atoms with Gasteiger partial charge in [-0.1, -0.05) is 11.6 Å². The number of carbonyl (C=O) groups is 1. The molecule has 1 fully saturated rings. The molecule has 1 saturated carbocycles. The van der Waals surface area contributed by atoms with E-state index in [1.165, 1.54) is 10.9 Å². The maximum Gasteiger partial charge on any atom is 0.268 e. The summed E-state index contributed by atoms with van der Waals surface area (Å²) in [4.78, 5) is 27.0. The van der Waals surface area contributed by atoms with E-state index in [0.29, 0.717) is 9.61 Å². The molecule has 1 aliphatic rings. The molecule has 0 unspecified atom stereocenters. The van der Waals surface area contributed by atoms with Crippen LogP contribution in [0.15, 0.2) is 11.1 Å². The first-order valence-electron chi connectivity index (χ1n) is 4.77. The molecule has 0 saturated heterocycles. The fourth-order valence-electron chi connectivity index (χ4n) is 1.21. The lowest BCUT2D eigenvalue weighted by Crippen LogP contribution is -2.34. The third kappa shape index (κ3) is 2.73. The highest BCUT2D eigenvalue weighted by molar-refractivity contribution is 14.1. The Bertz CT molecular complexity index is 484. The summed E-state index contributed by atoms with van der Waals surface area (Å²) in [6.45, 7) is -0.00446. The highest BCUT2D eigenvalue weighted by atomic mass is 127. The molecule has 7 heteroatoms. The van der Waals surface area contributed by atoms with Gasteiger partial charge in [0.15, 0.2) is 0 Å². The lowest BCUT2D eigenvalue weighted by molar-refractivity contribution is -0.121. The Kier molecular flexibility index (Phi) is 3.48. The van der Waals surface area contributed by atoms with Crippen LogP contribution in [0.4, 0.5) is 0 Å². The first kappa shape index (κ1) is 11.8. The maximum atomic E-state index is 11.7. The summed E-state index contributed by atoms with van der Waals surface area (Å²) in [6, 6.07) is 0.294. The number of hydrogen-bond acceptors (Lipinski definition) is 3. The Morgan fingerprint density at radius 2 is 2.38 bits per heavy atom. The molecule has 1 aliphatic carbocycles. The zero-order valence-corrected chi connectivity index (χ0v) is 11.2. The van der Waals surface area contributed by atoms with Crippen molar-refractivity contribution in [1.82, 2.24) is 14.9 Å². The monoisotopic (exact) mass is 353 g/mol. The van der Waals surface area contributed by atoms with Crippen LogP contribution in [0.3, 0.4) is 0 Å². The molecule has 1 N–H and O–H groups in total. The number of hydrogen-bond donors (Lipinski definition) is 1. The second-order valence-corrected chi connectivity index (χ2v) is 5.06. The fourth-order valence-corrected chi connectivity index (χ4v) is 1.79. The molecule has 2 rings (SSSR count). The summed E-state index contributed by atoms with van der Waals surface area (Å²) in [5.41, 5.74) is -0.286. The van der Waals surface area contributed by atoms with Crippen LogP contribution in [0, 0.1) is 3.57 Å². The van der Waals surface area contributed by atoms with Crippen molar-refractivity contribution < 1.29 is 4.79 Å². The molecule has 1 heterocycles. The molecule has 1 amide bonds. The quantitative estimate of drug-likeness (QED) is 0.645. The lowest BCUT2D eigenvalue weighted by Gasteiger charge is -2.06. The number of nitrogens with zero attached hydrogens (tertiary/aromatic N) is 2. The summed E-state index contributed by atoms with van der Waals surface area (Å²) < 4.78 is 1.59. The standard InChI is InChI=1S/C9H9ClIN3O2/c10-8-7(11)9(16)14(4-12-8)3-6(15)13-5-1-2-5/h4-5H,1-3H2,(H,13,15). The molecule has 16 heavy (non-hydrogen) atoms. The van der Waals surface area contributed by atoms with Gasteiger partial charge in [0, 0.05) is 6.04 Å². The van der Waals surface area contributed by atoms with Gasteiger partial charge in [-0.15, -0.1) is 0 Å². The molecule has 0 bridgehead atoms. The van der Waals surface area contributed by atoms with E-state index >= 15 is 0 Å². The third-order valence-electron chi connectivity index (χ3n) is 2.20. The topological polar surface area (TPSA) is 64.0 Å². The maximum absolute atomic E-state index is 11.7. The van der Waals surface area contributed by atoms with Crippen LogP contribution in [-0.4, -0.2) is 21.5 Å². The van der Waals surface area contributed by atoms with Gasteiger partial charge in [0.05, 0.1) is 6.33 Å². The third-order valence-corrected chi connectivity index (χ3v) is 3.77. The molecule has 0 spiro atoms. The van der Waals surface area contributed by atoms with Crippen molar-refractivity contribution in [3.63, 3.8) is 0 Å². The Hall–Kier alpha value is -0.630. The Morgan fingerprint density at radius 1 is 1.69 bits per heavy atom. The van der Waals surface area contributed by atoms with Gasteiger partial charge < -0.3 is 5.32 Å². The SMILES string of the molecule is O=C(Cn1cnc(Cl)c(I)c1=O)NC1CC1. The number of carbonyl (C=O) groups excluding carboxylic acids is 1. The van der Waals surface area contributed by atoms with Crippen molar-refractivity contribution in [1.29, 1.82) is 0 Å². The van der Waals surface area contributed by atoms with Crippen LogP contribution in [-0.2, 0) is 11.3 Å². The highest BCUT2D eigenvalue weighted by Gasteiger charge is 2.23. The molecule has 0 radical (unpaired) electrons. The van der Waals surface area contributed by atoms with Crippen molar-refractivity contribution in [2.45, 2.75) is 25.4 Å². The average Bonchev–Trinajstić information content (AvgIpc) is 3.03. The van der Waals surface area contributed by atoms with E-state index in [0.717, 1.165) is 12.8 Å². The normalized spacial score (nSPS) is 14.9. The van der Waals surface area contributed by atoms with Crippen LogP contribution >= 0.6 is 34.2 Å². The second-order valence-electron chi connectivity index (χ2n) is 3.62. The molecule has 86 valence electrons. The van der Waals surface area contributed by atoms with Crippen LogP contribution in [0.5, 0.6) is 0 Å². The number of nitrogens with one attached hydrogen (secondary N) is 1. The first-order chi connectivity index (χ1) is 7.58. The smallest absolute Gasteiger partial charge is 0.268 e. The van der Waals surface area contributed by atoms with Crippen LogP contribution in [0.2, 0.25) is 5.15 Å². The Labute approximate surface area is 110 Å². The van der Waals surface area contributed by atoms with Crippen molar-refractivity contribution in [3.8, 4) is 0 Å². The minimum absolute atomic E-state index is 0.00446. The highest BCUT2D eigenvalue weighted by Crippen LogP contribution is 2.18. The van der Waals surface area contributed by atoms with Gasteiger partial charge in [0.25, 0.3) is 5.56 Å². The summed E-state index contributed by atoms with van der Waals surface area (Å²) in [5, 5.41) is 2.97. The molecular formula is C9H9ClIN3O2. The summed E-state index contributed by atoms with van der Waals surface area (Å²) >= 11 is 7.50. The number of amides is 1. The van der Waals surface area contributed by atoms with Gasteiger partial charge in [-0.3, -0.25) is 14.2 Å². The van der Waals surface area contributed by atoms with Crippen LogP contribution in [0.1, 0.15) is 12.8 Å². The number of aromatic nitrogens is 2. The van der Waals surface area contributed by atoms with Crippen molar-refractivity contribution in [2.75, 3.05) is 0 Å². The van der Waals surface area contributed by atoms with E-state index in [4.69, 9.17) is 11.6 Å². The van der Waals surface area contributed by atoms with Gasteiger partial charge in [-0.2, -0.15) is 0 Å². The van der Waals surface area contributed by atoms with Crippen molar-refractivity contribution in [3.05, 3.63) is 25.4 Å². The molecule has 1 aromatic rings. The summed E-state index contributed by atoms with van der Waals surface area (Å²) in [6.07, 6.45) is 3.34. The predicted molar refractivity (Wildman–Crippen MR) is 67.4 cm³/mol. The fraction of sp³-hybridized carbons (Fsp3) is 0.444. The van der Waals surface area contributed by atoms with E-state index < -0.39 is 0 Å². The van der Waals surface area contributed by atoms with Crippen molar-refractivity contribution in [2.24, 2.45) is 0 Å². The van der Waals surface area contributed by atoms with Gasteiger partial charge in [-0.25, -0.2) is 4.98 Å². The second kappa shape index (κ2) is 4.70. The Morgan fingerprint density at radius 3 is 3.00 bits per heavy atom.